The minimum Gasteiger partial charge on any atom is -0.497 e. The van der Waals surface area contributed by atoms with E-state index >= 15 is 0 Å². The summed E-state index contributed by atoms with van der Waals surface area (Å²) < 4.78 is 45.4. The summed E-state index contributed by atoms with van der Waals surface area (Å²) in [4.78, 5) is 20.8. The SMILES string of the molecule is COc1ccc(Oc2c(C)cc([N+](=O)[O-])cc2C)cc1.COc1ccc(Oc2c(C)cc([N+](=O)[O-])cc2C)cc1S(C)(=O)=O. The fraction of sp³-hybridized carbons (Fsp3) is 0.226. The molecule has 232 valence electrons. The van der Waals surface area contributed by atoms with Gasteiger partial charge in [-0.05, 0) is 86.3 Å². The summed E-state index contributed by atoms with van der Waals surface area (Å²) in [5, 5.41) is 21.7. The second-order valence-corrected chi connectivity index (χ2v) is 11.8. The lowest BCUT2D eigenvalue weighted by atomic mass is 10.1. The van der Waals surface area contributed by atoms with Gasteiger partial charge in [-0.15, -0.1) is 0 Å². The van der Waals surface area contributed by atoms with Crippen molar-refractivity contribution in [3.8, 4) is 34.5 Å². The van der Waals surface area contributed by atoms with Gasteiger partial charge < -0.3 is 18.9 Å². The highest BCUT2D eigenvalue weighted by atomic mass is 32.2. The Kier molecular flexibility index (Phi) is 10.5. The zero-order valence-electron chi connectivity index (χ0n) is 25.2. The quantitative estimate of drug-likeness (QED) is 0.135. The maximum atomic E-state index is 11.9. The molecular formula is C31H32N2O10S. The lowest BCUT2D eigenvalue weighted by Gasteiger charge is -2.14. The van der Waals surface area contributed by atoms with E-state index < -0.39 is 19.7 Å². The number of sulfone groups is 1. The summed E-state index contributed by atoms with van der Waals surface area (Å²) in [6.07, 6.45) is 1.08. The second-order valence-electron chi connectivity index (χ2n) is 9.80. The van der Waals surface area contributed by atoms with E-state index in [4.69, 9.17) is 18.9 Å². The molecule has 0 aliphatic carbocycles. The molecule has 0 aliphatic rings. The Morgan fingerprint density at radius 2 is 0.977 bits per heavy atom. The molecule has 0 unspecified atom stereocenters. The van der Waals surface area contributed by atoms with E-state index in [0.717, 1.165) is 23.1 Å². The first-order valence-corrected chi connectivity index (χ1v) is 14.9. The molecule has 0 atom stereocenters. The van der Waals surface area contributed by atoms with Crippen LogP contribution in [0, 0.1) is 47.9 Å². The van der Waals surface area contributed by atoms with E-state index in [-0.39, 0.29) is 22.0 Å². The summed E-state index contributed by atoms with van der Waals surface area (Å²) in [7, 11) is -0.511. The Morgan fingerprint density at radius 3 is 1.34 bits per heavy atom. The minimum absolute atomic E-state index is 0.0136. The van der Waals surface area contributed by atoms with Gasteiger partial charge in [0, 0.05) is 36.6 Å². The van der Waals surface area contributed by atoms with Crippen molar-refractivity contribution in [3.05, 3.63) is 109 Å². The zero-order chi connectivity index (χ0) is 32.8. The molecule has 0 amide bonds. The Hall–Kier alpha value is -5.17. The number of methoxy groups -OCH3 is 2. The van der Waals surface area contributed by atoms with Gasteiger partial charge in [-0.3, -0.25) is 20.2 Å². The van der Waals surface area contributed by atoms with Crippen molar-refractivity contribution in [2.75, 3.05) is 20.5 Å². The number of rotatable bonds is 9. The first-order valence-electron chi connectivity index (χ1n) is 13.0. The van der Waals surface area contributed by atoms with Crippen LogP contribution >= 0.6 is 0 Å². The molecule has 0 saturated heterocycles. The summed E-state index contributed by atoms with van der Waals surface area (Å²) in [6, 6.07) is 17.4. The largest absolute Gasteiger partial charge is 0.497 e. The van der Waals surface area contributed by atoms with Gasteiger partial charge in [-0.1, -0.05) is 0 Å². The van der Waals surface area contributed by atoms with Gasteiger partial charge in [0.05, 0.1) is 24.1 Å². The molecule has 0 fully saturated rings. The maximum absolute atomic E-state index is 11.9. The number of non-ortho nitro benzene ring substituents is 2. The van der Waals surface area contributed by atoms with Crippen molar-refractivity contribution in [3.63, 3.8) is 0 Å². The van der Waals surface area contributed by atoms with Crippen molar-refractivity contribution in [2.45, 2.75) is 32.6 Å². The number of benzene rings is 4. The maximum Gasteiger partial charge on any atom is 0.270 e. The number of nitro benzene ring substituents is 2. The first kappa shape index (κ1) is 33.3. The van der Waals surface area contributed by atoms with Crippen LogP contribution in [0.5, 0.6) is 34.5 Å². The van der Waals surface area contributed by atoms with Gasteiger partial charge >= 0.3 is 0 Å². The van der Waals surface area contributed by atoms with Crippen molar-refractivity contribution in [1.29, 1.82) is 0 Å². The lowest BCUT2D eigenvalue weighted by Crippen LogP contribution is -2.01. The van der Waals surface area contributed by atoms with Crippen LogP contribution < -0.4 is 18.9 Å². The van der Waals surface area contributed by atoms with Gasteiger partial charge in [0.25, 0.3) is 11.4 Å². The third-order valence-electron chi connectivity index (χ3n) is 6.35. The van der Waals surface area contributed by atoms with Crippen LogP contribution in [-0.4, -0.2) is 38.7 Å². The number of hydrogen-bond acceptors (Lipinski definition) is 10. The molecule has 4 rings (SSSR count). The predicted molar refractivity (Wildman–Crippen MR) is 164 cm³/mol. The smallest absolute Gasteiger partial charge is 0.270 e. The van der Waals surface area contributed by atoms with Gasteiger partial charge in [-0.2, -0.15) is 0 Å². The molecule has 0 bridgehead atoms. The van der Waals surface area contributed by atoms with Gasteiger partial charge in [-0.25, -0.2) is 8.42 Å². The Labute approximate surface area is 255 Å². The van der Waals surface area contributed by atoms with E-state index in [1.165, 1.54) is 43.5 Å². The minimum atomic E-state index is -3.49. The third kappa shape index (κ3) is 8.22. The van der Waals surface area contributed by atoms with E-state index in [1.54, 1.807) is 65.1 Å². The Morgan fingerprint density at radius 1 is 0.591 bits per heavy atom. The first-order chi connectivity index (χ1) is 20.6. The average Bonchev–Trinajstić information content (AvgIpc) is 2.96. The molecule has 0 radical (unpaired) electrons. The molecule has 0 spiro atoms. The molecule has 0 N–H and O–H groups in total. The molecule has 44 heavy (non-hydrogen) atoms. The summed E-state index contributed by atoms with van der Waals surface area (Å²) in [5.41, 5.74) is 2.67. The number of ether oxygens (including phenoxy) is 4. The van der Waals surface area contributed by atoms with E-state index in [2.05, 4.69) is 0 Å². The van der Waals surface area contributed by atoms with E-state index in [9.17, 15) is 28.6 Å². The molecule has 4 aromatic carbocycles. The third-order valence-corrected chi connectivity index (χ3v) is 7.46. The molecule has 13 heteroatoms. The average molecular weight is 625 g/mol. The molecule has 4 aromatic rings. The predicted octanol–water partition coefficient (Wildman–Crippen LogP) is 7.43. The highest BCUT2D eigenvalue weighted by Gasteiger charge is 2.18. The summed E-state index contributed by atoms with van der Waals surface area (Å²) >= 11 is 0. The van der Waals surface area contributed by atoms with Crippen LogP contribution in [-0.2, 0) is 9.84 Å². The molecule has 0 aromatic heterocycles. The Balaban J connectivity index is 0.000000244. The lowest BCUT2D eigenvalue weighted by molar-refractivity contribution is -0.385. The highest BCUT2D eigenvalue weighted by Crippen LogP contribution is 2.36. The van der Waals surface area contributed by atoms with Gasteiger partial charge in [0.2, 0.25) is 0 Å². The van der Waals surface area contributed by atoms with Crippen LogP contribution in [0.2, 0.25) is 0 Å². The fourth-order valence-corrected chi connectivity index (χ4v) is 5.12. The van der Waals surface area contributed by atoms with Gasteiger partial charge in [0.1, 0.15) is 39.4 Å². The zero-order valence-corrected chi connectivity index (χ0v) is 26.1. The van der Waals surface area contributed by atoms with Crippen LogP contribution in [0.25, 0.3) is 0 Å². The standard InChI is InChI=1S/C16H17NO6S.C15H15NO4/c1-10-7-12(17(18)19)8-11(2)16(10)23-13-5-6-14(22-3)15(9-13)24(4,20)21;1-10-8-12(16(17)18)9-11(2)15(10)20-14-6-4-13(19-3)5-7-14/h5-9H,1-4H3;4-9H,1-3H3. The van der Waals surface area contributed by atoms with E-state index in [1.807, 2.05) is 0 Å². The van der Waals surface area contributed by atoms with Crippen LogP contribution in [0.1, 0.15) is 22.3 Å². The van der Waals surface area contributed by atoms with Gasteiger partial charge in [0.15, 0.2) is 9.84 Å². The number of aryl methyl sites for hydroxylation is 4. The summed E-state index contributed by atoms with van der Waals surface area (Å²) in [5.74, 6) is 3.02. The molecule has 12 nitrogen and oxygen atoms in total. The van der Waals surface area contributed by atoms with Crippen LogP contribution in [0.15, 0.2) is 71.6 Å². The Bertz CT molecular complexity index is 1760. The molecule has 0 aliphatic heterocycles. The number of nitrogens with zero attached hydrogens (tertiary/aromatic N) is 2. The fourth-order valence-electron chi connectivity index (χ4n) is 4.28. The highest BCUT2D eigenvalue weighted by molar-refractivity contribution is 7.90. The van der Waals surface area contributed by atoms with Crippen molar-refractivity contribution >= 4 is 21.2 Å². The molecule has 0 saturated carbocycles. The second kappa shape index (κ2) is 13.9. The van der Waals surface area contributed by atoms with E-state index in [0.29, 0.717) is 34.1 Å². The molecular weight excluding hydrogens is 592 g/mol. The van der Waals surface area contributed by atoms with Crippen LogP contribution in [0.3, 0.4) is 0 Å². The number of hydrogen-bond donors (Lipinski definition) is 0. The normalized spacial score (nSPS) is 10.7. The van der Waals surface area contributed by atoms with Crippen molar-refractivity contribution < 1.29 is 37.2 Å². The monoisotopic (exact) mass is 624 g/mol. The van der Waals surface area contributed by atoms with Crippen molar-refractivity contribution in [1.82, 2.24) is 0 Å². The summed E-state index contributed by atoms with van der Waals surface area (Å²) in [6.45, 7) is 6.96. The van der Waals surface area contributed by atoms with Crippen LogP contribution in [0.4, 0.5) is 11.4 Å². The number of nitro groups is 2. The topological polar surface area (TPSA) is 157 Å². The molecule has 0 heterocycles. The van der Waals surface area contributed by atoms with Crippen molar-refractivity contribution in [2.24, 2.45) is 0 Å².